The van der Waals surface area contributed by atoms with E-state index in [0.717, 1.165) is 37.6 Å². The number of aliphatic imine (C=N–C) groups is 1. The lowest BCUT2D eigenvalue weighted by Crippen LogP contribution is -2.26. The summed E-state index contributed by atoms with van der Waals surface area (Å²) in [6.45, 7) is 3.15. The van der Waals surface area contributed by atoms with Gasteiger partial charge in [0.2, 0.25) is 5.96 Å². The summed E-state index contributed by atoms with van der Waals surface area (Å²) in [7, 11) is 0. The van der Waals surface area contributed by atoms with Crippen molar-refractivity contribution in [2.75, 3.05) is 26.2 Å². The van der Waals surface area contributed by atoms with Gasteiger partial charge in [0.25, 0.3) is 0 Å². The van der Waals surface area contributed by atoms with Gasteiger partial charge < -0.3 is 11.1 Å². The minimum atomic E-state index is 0.671. The lowest BCUT2D eigenvalue weighted by Gasteiger charge is -2.10. The number of nitrogens with two attached hydrogens (primary N) is 1. The van der Waals surface area contributed by atoms with Crippen molar-refractivity contribution < 1.29 is 0 Å². The van der Waals surface area contributed by atoms with Crippen LogP contribution in [0.1, 0.15) is 12.0 Å². The zero-order chi connectivity index (χ0) is 12.6. The fourth-order valence-corrected chi connectivity index (χ4v) is 1.67. The van der Waals surface area contributed by atoms with Crippen molar-refractivity contribution >= 4 is 12.2 Å². The molecule has 1 aromatic carbocycles. The van der Waals surface area contributed by atoms with Crippen molar-refractivity contribution in [3.63, 3.8) is 0 Å². The molecule has 1 aromatic rings. The molecule has 0 aromatic heterocycles. The highest BCUT2D eigenvalue weighted by atomic mass is 15.5. The Morgan fingerprint density at radius 3 is 2.94 bits per heavy atom. The molecule has 5 heteroatoms. The molecule has 0 atom stereocenters. The molecule has 3 N–H and O–H groups in total. The molecule has 5 nitrogen and oxygen atoms in total. The van der Waals surface area contributed by atoms with E-state index in [1.54, 1.807) is 0 Å². The zero-order valence-electron chi connectivity index (χ0n) is 10.4. The second-order valence-electron chi connectivity index (χ2n) is 4.05. The average Bonchev–Trinajstić information content (AvgIpc) is 2.86. The van der Waals surface area contributed by atoms with Gasteiger partial charge in [-0.15, -0.1) is 0 Å². The Kier molecular flexibility index (Phi) is 4.72. The minimum Gasteiger partial charge on any atom is -0.353 e. The van der Waals surface area contributed by atoms with Gasteiger partial charge in [0.05, 0.1) is 12.8 Å². The van der Waals surface area contributed by atoms with E-state index in [4.69, 9.17) is 5.73 Å². The Morgan fingerprint density at radius 1 is 1.33 bits per heavy atom. The van der Waals surface area contributed by atoms with Crippen molar-refractivity contribution in [2.24, 2.45) is 15.8 Å². The number of hydrogen-bond acceptors (Lipinski definition) is 3. The second-order valence-corrected chi connectivity index (χ2v) is 4.05. The number of nitrogens with zero attached hydrogens (tertiary/aromatic N) is 3. The predicted molar refractivity (Wildman–Crippen MR) is 74.7 cm³/mol. The van der Waals surface area contributed by atoms with E-state index in [1.807, 2.05) is 41.6 Å². The molecule has 0 amide bonds. The van der Waals surface area contributed by atoms with E-state index in [-0.39, 0.29) is 0 Å². The average molecular weight is 245 g/mol. The molecular weight excluding hydrogens is 226 g/mol. The molecule has 1 saturated heterocycles. The minimum absolute atomic E-state index is 0.671. The molecule has 18 heavy (non-hydrogen) atoms. The topological polar surface area (TPSA) is 66.0 Å². The molecular formula is C13H19N5. The van der Waals surface area contributed by atoms with E-state index in [2.05, 4.69) is 15.4 Å². The molecule has 0 spiro atoms. The Morgan fingerprint density at radius 2 is 2.17 bits per heavy atom. The van der Waals surface area contributed by atoms with E-state index in [9.17, 15) is 0 Å². The maximum atomic E-state index is 5.45. The maximum Gasteiger partial charge on any atom is 0.214 e. The van der Waals surface area contributed by atoms with Gasteiger partial charge in [-0.3, -0.25) is 4.99 Å². The lowest BCUT2D eigenvalue weighted by atomic mass is 10.2. The summed E-state index contributed by atoms with van der Waals surface area (Å²) in [6.07, 6.45) is 2.76. The third-order valence-electron chi connectivity index (χ3n) is 2.62. The highest BCUT2D eigenvalue weighted by Crippen LogP contribution is 2.00. The van der Waals surface area contributed by atoms with Crippen molar-refractivity contribution in [1.82, 2.24) is 10.3 Å². The first-order valence-corrected chi connectivity index (χ1v) is 6.25. The normalized spacial score (nSPS) is 17.6. The van der Waals surface area contributed by atoms with Gasteiger partial charge in [0.1, 0.15) is 0 Å². The van der Waals surface area contributed by atoms with Crippen LogP contribution in [-0.4, -0.2) is 43.4 Å². The zero-order valence-corrected chi connectivity index (χ0v) is 10.4. The van der Waals surface area contributed by atoms with Crippen molar-refractivity contribution in [3.8, 4) is 0 Å². The maximum absolute atomic E-state index is 5.45. The lowest BCUT2D eigenvalue weighted by molar-refractivity contribution is 0.495. The number of nitrogens with one attached hydrogen (secondary N) is 1. The SMILES string of the molecule is NCCCN=C1NCCN1N=Cc1ccccc1. The molecule has 1 aliphatic heterocycles. The van der Waals surface area contributed by atoms with Gasteiger partial charge in [-0.1, -0.05) is 30.3 Å². The molecule has 0 radical (unpaired) electrons. The second kappa shape index (κ2) is 6.76. The summed E-state index contributed by atoms with van der Waals surface area (Å²) in [5, 5.41) is 9.55. The molecule has 1 heterocycles. The van der Waals surface area contributed by atoms with Crippen LogP contribution in [0, 0.1) is 0 Å². The van der Waals surface area contributed by atoms with Crippen LogP contribution in [0.3, 0.4) is 0 Å². The fourth-order valence-electron chi connectivity index (χ4n) is 1.67. The highest BCUT2D eigenvalue weighted by Gasteiger charge is 2.15. The van der Waals surface area contributed by atoms with Crippen LogP contribution in [0.5, 0.6) is 0 Å². The summed E-state index contributed by atoms with van der Waals surface area (Å²) in [4.78, 5) is 4.44. The number of rotatable bonds is 5. The number of guanidine groups is 1. The van der Waals surface area contributed by atoms with Gasteiger partial charge >= 0.3 is 0 Å². The van der Waals surface area contributed by atoms with Gasteiger partial charge in [-0.05, 0) is 18.5 Å². The third-order valence-corrected chi connectivity index (χ3v) is 2.62. The van der Waals surface area contributed by atoms with Gasteiger partial charge in [-0.25, -0.2) is 5.01 Å². The summed E-state index contributed by atoms with van der Waals surface area (Å²) >= 11 is 0. The summed E-state index contributed by atoms with van der Waals surface area (Å²) in [6, 6.07) is 10.0. The molecule has 0 bridgehead atoms. The largest absolute Gasteiger partial charge is 0.353 e. The molecule has 0 saturated carbocycles. The molecule has 96 valence electrons. The van der Waals surface area contributed by atoms with Crippen LogP contribution < -0.4 is 11.1 Å². The van der Waals surface area contributed by atoms with E-state index in [1.165, 1.54) is 0 Å². The molecule has 0 unspecified atom stereocenters. The van der Waals surface area contributed by atoms with Crippen molar-refractivity contribution in [1.29, 1.82) is 0 Å². The Bertz CT molecular complexity index is 413. The molecule has 1 fully saturated rings. The smallest absolute Gasteiger partial charge is 0.214 e. The van der Waals surface area contributed by atoms with Crippen LogP contribution in [0.15, 0.2) is 40.4 Å². The van der Waals surface area contributed by atoms with E-state index in [0.29, 0.717) is 6.54 Å². The Balaban J connectivity index is 1.95. The first-order chi connectivity index (χ1) is 8.90. The van der Waals surface area contributed by atoms with Crippen LogP contribution in [-0.2, 0) is 0 Å². The summed E-state index contributed by atoms with van der Waals surface area (Å²) in [5.41, 5.74) is 6.54. The van der Waals surface area contributed by atoms with Crippen molar-refractivity contribution in [2.45, 2.75) is 6.42 Å². The molecule has 0 aliphatic carbocycles. The first kappa shape index (κ1) is 12.6. The monoisotopic (exact) mass is 245 g/mol. The van der Waals surface area contributed by atoms with E-state index >= 15 is 0 Å². The Labute approximate surface area is 107 Å². The molecule has 2 rings (SSSR count). The summed E-state index contributed by atoms with van der Waals surface area (Å²) in [5.74, 6) is 0.843. The quantitative estimate of drug-likeness (QED) is 0.590. The van der Waals surface area contributed by atoms with Gasteiger partial charge in [0.15, 0.2) is 0 Å². The van der Waals surface area contributed by atoms with Crippen LogP contribution >= 0.6 is 0 Å². The van der Waals surface area contributed by atoms with E-state index < -0.39 is 0 Å². The van der Waals surface area contributed by atoms with Crippen molar-refractivity contribution in [3.05, 3.63) is 35.9 Å². The number of hydrogen-bond donors (Lipinski definition) is 2. The Hall–Kier alpha value is -1.88. The fraction of sp³-hybridized carbons (Fsp3) is 0.385. The van der Waals surface area contributed by atoms with Crippen LogP contribution in [0.25, 0.3) is 0 Å². The predicted octanol–water partition coefficient (Wildman–Crippen LogP) is 0.631. The standard InChI is InChI=1S/C13H19N5/c14-7-4-8-15-13-16-9-10-18(13)17-11-12-5-2-1-3-6-12/h1-3,5-6,11H,4,7-10,14H2,(H,15,16). The van der Waals surface area contributed by atoms with Gasteiger partial charge in [0, 0.05) is 13.1 Å². The first-order valence-electron chi connectivity index (χ1n) is 6.25. The number of hydrazone groups is 1. The highest BCUT2D eigenvalue weighted by molar-refractivity contribution is 5.85. The number of benzene rings is 1. The molecule has 1 aliphatic rings. The summed E-state index contributed by atoms with van der Waals surface area (Å²) < 4.78 is 0. The van der Waals surface area contributed by atoms with Gasteiger partial charge in [-0.2, -0.15) is 5.10 Å². The van der Waals surface area contributed by atoms with Crippen LogP contribution in [0.4, 0.5) is 0 Å². The van der Waals surface area contributed by atoms with Crippen LogP contribution in [0.2, 0.25) is 0 Å². The third kappa shape index (κ3) is 3.56.